The van der Waals surface area contributed by atoms with Gasteiger partial charge >= 0.3 is 5.97 Å². The maximum atomic E-state index is 13.7. The predicted octanol–water partition coefficient (Wildman–Crippen LogP) is -0.686. The Bertz CT molecular complexity index is 1400. The van der Waals surface area contributed by atoms with Gasteiger partial charge in [-0.3, -0.25) is 19.2 Å². The van der Waals surface area contributed by atoms with Crippen LogP contribution in [0.3, 0.4) is 0 Å². The Labute approximate surface area is 235 Å². The molecule has 0 aliphatic carbocycles. The Morgan fingerprint density at radius 3 is 2.59 bits per heavy atom. The van der Waals surface area contributed by atoms with Crippen LogP contribution >= 0.6 is 0 Å². The van der Waals surface area contributed by atoms with Gasteiger partial charge in [-0.2, -0.15) is 0 Å². The molecule has 14 nitrogen and oxygen atoms in total. The fourth-order valence-electron chi connectivity index (χ4n) is 5.02. The van der Waals surface area contributed by atoms with Gasteiger partial charge < -0.3 is 42.1 Å². The van der Waals surface area contributed by atoms with E-state index < -0.39 is 53.8 Å². The number of H-pyrrole nitrogens is 2. The number of nitrogens with one attached hydrogen (secondary N) is 4. The van der Waals surface area contributed by atoms with Crippen molar-refractivity contribution in [3.63, 3.8) is 0 Å². The third kappa shape index (κ3) is 7.28. The molecule has 4 amide bonds. The SMILES string of the molecule is NC(=O)CCC(N)C(=O)NC(Cc1cnc[nH]1)C(=O)N1CCCC1C(=O)NC(Cc1c[nH]c2ccccc12)C(=O)O. The number of likely N-dealkylation sites (tertiary alicyclic amines) is 1. The van der Waals surface area contributed by atoms with E-state index in [9.17, 15) is 29.1 Å². The van der Waals surface area contributed by atoms with Crippen molar-refractivity contribution in [2.75, 3.05) is 6.54 Å². The van der Waals surface area contributed by atoms with Crippen molar-refractivity contribution in [1.82, 2.24) is 30.5 Å². The number of carbonyl (C=O) groups is 5. The summed E-state index contributed by atoms with van der Waals surface area (Å²) in [5.74, 6) is -3.56. The molecule has 0 bridgehead atoms. The van der Waals surface area contributed by atoms with Gasteiger partial charge in [-0.1, -0.05) is 18.2 Å². The number of rotatable bonds is 13. The molecule has 4 rings (SSSR count). The minimum absolute atomic E-state index is 0.00782. The molecule has 4 unspecified atom stereocenters. The zero-order chi connectivity index (χ0) is 29.5. The van der Waals surface area contributed by atoms with Gasteiger partial charge in [0.25, 0.3) is 0 Å². The summed E-state index contributed by atoms with van der Waals surface area (Å²) in [5.41, 5.74) is 13.2. The number of amides is 4. The number of carbonyl (C=O) groups excluding carboxylic acids is 4. The molecule has 1 saturated heterocycles. The van der Waals surface area contributed by atoms with Gasteiger partial charge in [-0.25, -0.2) is 9.78 Å². The highest BCUT2D eigenvalue weighted by Crippen LogP contribution is 2.22. The molecule has 3 aromatic rings. The van der Waals surface area contributed by atoms with Crippen LogP contribution < -0.4 is 22.1 Å². The fourth-order valence-corrected chi connectivity index (χ4v) is 5.02. The number of aliphatic carboxylic acids is 1. The van der Waals surface area contributed by atoms with Crippen molar-refractivity contribution in [3.05, 3.63) is 54.2 Å². The van der Waals surface area contributed by atoms with E-state index in [2.05, 4.69) is 25.6 Å². The molecule has 2 aromatic heterocycles. The average Bonchev–Trinajstić information content (AvgIpc) is 3.72. The second-order valence-electron chi connectivity index (χ2n) is 10.1. The molecule has 0 saturated carbocycles. The van der Waals surface area contributed by atoms with Crippen LogP contribution in [-0.4, -0.2) is 85.3 Å². The molecule has 1 fully saturated rings. The zero-order valence-electron chi connectivity index (χ0n) is 22.3. The van der Waals surface area contributed by atoms with Crippen LogP contribution in [0.4, 0.5) is 0 Å². The molecule has 14 heteroatoms. The minimum Gasteiger partial charge on any atom is -0.480 e. The van der Waals surface area contributed by atoms with Crippen LogP contribution in [0.15, 0.2) is 43.0 Å². The highest BCUT2D eigenvalue weighted by atomic mass is 16.4. The second kappa shape index (κ2) is 13.1. The summed E-state index contributed by atoms with van der Waals surface area (Å²) in [4.78, 5) is 74.3. The number of fused-ring (bicyclic) bond motifs is 1. The maximum absolute atomic E-state index is 13.7. The lowest BCUT2D eigenvalue weighted by molar-refractivity contribution is -0.145. The first-order chi connectivity index (χ1) is 19.6. The Morgan fingerprint density at radius 2 is 1.88 bits per heavy atom. The Hall–Kier alpha value is -4.72. The molecule has 4 atom stereocenters. The van der Waals surface area contributed by atoms with E-state index in [0.29, 0.717) is 18.5 Å². The monoisotopic (exact) mass is 566 g/mol. The van der Waals surface area contributed by atoms with Crippen LogP contribution in [0.1, 0.15) is 36.9 Å². The van der Waals surface area contributed by atoms with Gasteiger partial charge in [-0.15, -0.1) is 0 Å². The molecule has 9 N–H and O–H groups in total. The standard InChI is InChI=1S/C27H34N8O6/c28-18(7-8-23(29)36)24(37)33-20(11-16-13-30-14-32-16)26(39)35-9-3-6-22(35)25(38)34-21(27(40)41)10-15-12-31-19-5-2-1-4-17(15)19/h1-2,4-5,12-14,18,20-22,31H,3,6-11,28H2,(H2,29,36)(H,30,32)(H,33,37)(H,34,38)(H,40,41). The van der Waals surface area contributed by atoms with Gasteiger partial charge in [0.05, 0.1) is 12.4 Å². The summed E-state index contributed by atoms with van der Waals surface area (Å²) >= 11 is 0. The number of carboxylic acid groups (broad SMARTS) is 1. The maximum Gasteiger partial charge on any atom is 0.326 e. The summed E-state index contributed by atoms with van der Waals surface area (Å²) < 4.78 is 0. The van der Waals surface area contributed by atoms with Gasteiger partial charge in [0.15, 0.2) is 0 Å². The van der Waals surface area contributed by atoms with Gasteiger partial charge in [0.1, 0.15) is 18.1 Å². The van der Waals surface area contributed by atoms with E-state index >= 15 is 0 Å². The first-order valence-electron chi connectivity index (χ1n) is 13.3. The second-order valence-corrected chi connectivity index (χ2v) is 10.1. The number of carboxylic acids is 1. The largest absolute Gasteiger partial charge is 0.480 e. The number of nitrogens with two attached hydrogens (primary N) is 2. The summed E-state index contributed by atoms with van der Waals surface area (Å²) in [7, 11) is 0. The Kier molecular flexibility index (Phi) is 9.34. The lowest BCUT2D eigenvalue weighted by atomic mass is 10.0. The van der Waals surface area contributed by atoms with E-state index in [0.717, 1.165) is 16.5 Å². The van der Waals surface area contributed by atoms with Crippen LogP contribution in [-0.2, 0) is 36.8 Å². The number of nitrogens with zero attached hydrogens (tertiary/aromatic N) is 2. The van der Waals surface area contributed by atoms with Gasteiger partial charge in [0, 0.05) is 54.8 Å². The number of imidazole rings is 1. The third-order valence-corrected chi connectivity index (χ3v) is 7.18. The Morgan fingerprint density at radius 1 is 1.10 bits per heavy atom. The summed E-state index contributed by atoms with van der Waals surface area (Å²) in [6.07, 6.45) is 5.53. The van der Waals surface area contributed by atoms with E-state index in [1.54, 1.807) is 6.20 Å². The van der Waals surface area contributed by atoms with E-state index in [1.807, 2.05) is 24.3 Å². The van der Waals surface area contributed by atoms with E-state index in [-0.39, 0.29) is 32.2 Å². The molecule has 218 valence electrons. The van der Waals surface area contributed by atoms with E-state index in [4.69, 9.17) is 11.5 Å². The van der Waals surface area contributed by atoms with Crippen molar-refractivity contribution in [3.8, 4) is 0 Å². The number of hydrogen-bond acceptors (Lipinski definition) is 7. The number of hydrogen-bond donors (Lipinski definition) is 7. The molecule has 0 spiro atoms. The minimum atomic E-state index is -1.22. The average molecular weight is 567 g/mol. The lowest BCUT2D eigenvalue weighted by Crippen LogP contribution is -2.57. The van der Waals surface area contributed by atoms with Crippen molar-refractivity contribution in [2.45, 2.75) is 62.7 Å². The number of benzene rings is 1. The quantitative estimate of drug-likeness (QED) is 0.140. The van der Waals surface area contributed by atoms with Crippen LogP contribution in [0.2, 0.25) is 0 Å². The highest BCUT2D eigenvalue weighted by molar-refractivity contribution is 5.95. The zero-order valence-corrected chi connectivity index (χ0v) is 22.3. The molecular formula is C27H34N8O6. The van der Waals surface area contributed by atoms with Crippen molar-refractivity contribution in [2.24, 2.45) is 11.5 Å². The molecule has 0 radical (unpaired) electrons. The van der Waals surface area contributed by atoms with Crippen LogP contribution in [0, 0.1) is 0 Å². The van der Waals surface area contributed by atoms with E-state index in [1.165, 1.54) is 17.4 Å². The van der Waals surface area contributed by atoms with Crippen LogP contribution in [0.25, 0.3) is 10.9 Å². The topological polar surface area (TPSA) is 229 Å². The number of primary amides is 1. The number of para-hydroxylation sites is 1. The predicted molar refractivity (Wildman–Crippen MR) is 147 cm³/mol. The summed E-state index contributed by atoms with van der Waals surface area (Å²) in [6, 6.07) is 3.15. The molecule has 3 heterocycles. The normalized spacial score (nSPS) is 17.1. The lowest BCUT2D eigenvalue weighted by Gasteiger charge is -2.30. The van der Waals surface area contributed by atoms with Gasteiger partial charge in [-0.05, 0) is 30.9 Å². The number of aromatic amines is 2. The molecule has 1 aromatic carbocycles. The van der Waals surface area contributed by atoms with Crippen LogP contribution in [0.5, 0.6) is 0 Å². The van der Waals surface area contributed by atoms with Crippen molar-refractivity contribution < 1.29 is 29.1 Å². The highest BCUT2D eigenvalue weighted by Gasteiger charge is 2.39. The van der Waals surface area contributed by atoms with Gasteiger partial charge in [0.2, 0.25) is 23.6 Å². The molecule has 41 heavy (non-hydrogen) atoms. The first kappa shape index (κ1) is 29.3. The molecular weight excluding hydrogens is 532 g/mol. The summed E-state index contributed by atoms with van der Waals surface area (Å²) in [5, 5.41) is 16.0. The third-order valence-electron chi connectivity index (χ3n) is 7.18. The van der Waals surface area contributed by atoms with Crippen molar-refractivity contribution >= 4 is 40.5 Å². The molecule has 1 aliphatic rings. The Balaban J connectivity index is 1.47. The molecule has 1 aliphatic heterocycles. The number of aromatic nitrogens is 3. The fraction of sp³-hybridized carbons (Fsp3) is 0.407. The summed E-state index contributed by atoms with van der Waals surface area (Å²) in [6.45, 7) is 0.250. The smallest absolute Gasteiger partial charge is 0.326 e. The first-order valence-corrected chi connectivity index (χ1v) is 13.3. The van der Waals surface area contributed by atoms with Crippen molar-refractivity contribution in [1.29, 1.82) is 0 Å².